The van der Waals surface area contributed by atoms with Crippen LogP contribution in [0, 0.1) is 12.8 Å². The van der Waals surface area contributed by atoms with Gasteiger partial charge in [0.2, 0.25) is 5.91 Å². The van der Waals surface area contributed by atoms with Crippen molar-refractivity contribution in [3.63, 3.8) is 0 Å². The Bertz CT molecular complexity index is 671. The van der Waals surface area contributed by atoms with Crippen molar-refractivity contribution >= 4 is 11.9 Å². The number of aryl methyl sites for hydroxylation is 1. The molecule has 1 aromatic heterocycles. The molecule has 1 aliphatic carbocycles. The van der Waals surface area contributed by atoms with Gasteiger partial charge >= 0.3 is 11.7 Å². The molecule has 1 atom stereocenters. The van der Waals surface area contributed by atoms with Crippen LogP contribution in [0.5, 0.6) is 0 Å². The predicted octanol–water partition coefficient (Wildman–Crippen LogP) is -0.716. The first-order valence-corrected chi connectivity index (χ1v) is 6.72. The monoisotopic (exact) mass is 295 g/mol. The van der Waals surface area contributed by atoms with Gasteiger partial charge in [-0.15, -0.1) is 0 Å². The standard InChI is InChI=1S/C13H17N3O5/c1-6-8(11(18)16-13(21)14-6)4-5-9(17)15-10(12(19)20)7-2-3-7/h7,10H,2-5H2,1H3,(H,15,17)(H,19,20)(H2,14,16,18,21). The summed E-state index contributed by atoms with van der Waals surface area (Å²) in [5.41, 5.74) is -0.386. The highest BCUT2D eigenvalue weighted by molar-refractivity contribution is 5.84. The quantitative estimate of drug-likeness (QED) is 0.550. The first-order valence-electron chi connectivity index (χ1n) is 6.72. The molecule has 1 aromatic rings. The van der Waals surface area contributed by atoms with Crippen LogP contribution < -0.4 is 16.6 Å². The lowest BCUT2D eigenvalue weighted by atomic mass is 10.1. The predicted molar refractivity (Wildman–Crippen MR) is 73.0 cm³/mol. The molecule has 2 rings (SSSR count). The van der Waals surface area contributed by atoms with Crippen molar-refractivity contribution in [3.05, 3.63) is 32.1 Å². The van der Waals surface area contributed by atoms with Crippen molar-refractivity contribution in [2.24, 2.45) is 5.92 Å². The lowest BCUT2D eigenvalue weighted by Crippen LogP contribution is -2.42. The van der Waals surface area contributed by atoms with Crippen molar-refractivity contribution < 1.29 is 14.7 Å². The van der Waals surface area contributed by atoms with Crippen LogP contribution in [0.1, 0.15) is 30.5 Å². The minimum absolute atomic E-state index is 0.00432. The van der Waals surface area contributed by atoms with Crippen LogP contribution in [-0.2, 0) is 16.0 Å². The number of hydrogen-bond donors (Lipinski definition) is 4. The third kappa shape index (κ3) is 3.80. The molecule has 114 valence electrons. The smallest absolute Gasteiger partial charge is 0.326 e. The van der Waals surface area contributed by atoms with E-state index in [-0.39, 0.29) is 18.8 Å². The molecule has 1 unspecified atom stereocenters. The summed E-state index contributed by atoms with van der Waals surface area (Å²) in [4.78, 5) is 50.0. The van der Waals surface area contributed by atoms with Gasteiger partial charge in [-0.3, -0.25) is 14.6 Å². The van der Waals surface area contributed by atoms with E-state index in [1.165, 1.54) is 0 Å². The Morgan fingerprint density at radius 1 is 1.33 bits per heavy atom. The van der Waals surface area contributed by atoms with Crippen molar-refractivity contribution in [2.75, 3.05) is 0 Å². The fourth-order valence-electron chi connectivity index (χ4n) is 2.22. The van der Waals surface area contributed by atoms with Crippen molar-refractivity contribution in [1.82, 2.24) is 15.3 Å². The highest BCUT2D eigenvalue weighted by Gasteiger charge is 2.37. The van der Waals surface area contributed by atoms with E-state index in [2.05, 4.69) is 15.3 Å². The summed E-state index contributed by atoms with van der Waals surface area (Å²) in [7, 11) is 0. The number of hydrogen-bond acceptors (Lipinski definition) is 4. The Labute approximate surface area is 119 Å². The summed E-state index contributed by atoms with van der Waals surface area (Å²) in [6.45, 7) is 1.58. The van der Waals surface area contributed by atoms with Gasteiger partial charge in [0.1, 0.15) is 6.04 Å². The molecule has 21 heavy (non-hydrogen) atoms. The Morgan fingerprint density at radius 2 is 2.00 bits per heavy atom. The summed E-state index contributed by atoms with van der Waals surface area (Å²) < 4.78 is 0. The van der Waals surface area contributed by atoms with Gasteiger partial charge in [0.25, 0.3) is 5.56 Å². The number of aromatic amines is 2. The van der Waals surface area contributed by atoms with Crippen LogP contribution in [0.2, 0.25) is 0 Å². The third-order valence-corrected chi connectivity index (χ3v) is 3.53. The van der Waals surface area contributed by atoms with E-state index in [1.54, 1.807) is 6.92 Å². The number of carboxylic acids is 1. The first-order chi connectivity index (χ1) is 9.88. The summed E-state index contributed by atoms with van der Waals surface area (Å²) in [5.74, 6) is -1.45. The van der Waals surface area contributed by atoms with Crippen LogP contribution in [0.3, 0.4) is 0 Å². The van der Waals surface area contributed by atoms with Crippen LogP contribution in [0.4, 0.5) is 0 Å². The third-order valence-electron chi connectivity index (χ3n) is 3.53. The number of carbonyl (C=O) groups excluding carboxylic acids is 1. The van der Waals surface area contributed by atoms with Crippen LogP contribution >= 0.6 is 0 Å². The Hall–Kier alpha value is -2.38. The fraction of sp³-hybridized carbons (Fsp3) is 0.538. The van der Waals surface area contributed by atoms with E-state index in [0.29, 0.717) is 11.3 Å². The molecule has 4 N–H and O–H groups in total. The number of nitrogens with one attached hydrogen (secondary N) is 3. The minimum atomic E-state index is -1.04. The van der Waals surface area contributed by atoms with E-state index in [1.807, 2.05) is 0 Å². The SMILES string of the molecule is Cc1[nH]c(=O)[nH]c(=O)c1CCC(=O)NC(C(=O)O)C1CC1. The van der Waals surface area contributed by atoms with E-state index in [4.69, 9.17) is 5.11 Å². The number of rotatable bonds is 6. The zero-order valence-electron chi connectivity index (χ0n) is 11.6. The lowest BCUT2D eigenvalue weighted by molar-refractivity contribution is -0.142. The lowest BCUT2D eigenvalue weighted by Gasteiger charge is -2.13. The van der Waals surface area contributed by atoms with Gasteiger partial charge in [-0.1, -0.05) is 0 Å². The van der Waals surface area contributed by atoms with Crippen molar-refractivity contribution in [3.8, 4) is 0 Å². The molecule has 8 heteroatoms. The van der Waals surface area contributed by atoms with Crippen LogP contribution in [-0.4, -0.2) is 33.0 Å². The second-order valence-electron chi connectivity index (χ2n) is 5.23. The van der Waals surface area contributed by atoms with Gasteiger partial charge in [0.15, 0.2) is 0 Å². The molecule has 1 fully saturated rings. The van der Waals surface area contributed by atoms with Gasteiger partial charge in [0.05, 0.1) is 0 Å². The highest BCUT2D eigenvalue weighted by Crippen LogP contribution is 2.32. The Kier molecular flexibility index (Phi) is 4.25. The fourth-order valence-corrected chi connectivity index (χ4v) is 2.22. The highest BCUT2D eigenvalue weighted by atomic mass is 16.4. The molecule has 1 saturated carbocycles. The summed E-state index contributed by atoms with van der Waals surface area (Å²) >= 11 is 0. The first kappa shape index (κ1) is 15.0. The maximum Gasteiger partial charge on any atom is 0.326 e. The number of H-pyrrole nitrogens is 2. The van der Waals surface area contributed by atoms with Gasteiger partial charge in [0, 0.05) is 17.7 Å². The maximum absolute atomic E-state index is 11.8. The van der Waals surface area contributed by atoms with E-state index in [9.17, 15) is 19.2 Å². The number of aromatic nitrogens is 2. The Balaban J connectivity index is 1.97. The molecule has 1 heterocycles. The average Bonchev–Trinajstić information content (AvgIpc) is 3.18. The summed E-state index contributed by atoms with van der Waals surface area (Å²) in [6, 6.07) is -0.854. The Morgan fingerprint density at radius 3 is 2.52 bits per heavy atom. The minimum Gasteiger partial charge on any atom is -0.480 e. The zero-order chi connectivity index (χ0) is 15.6. The number of amides is 1. The van der Waals surface area contributed by atoms with Crippen LogP contribution in [0.25, 0.3) is 0 Å². The number of carboxylic acid groups (broad SMARTS) is 1. The van der Waals surface area contributed by atoms with Crippen LogP contribution in [0.15, 0.2) is 9.59 Å². The summed E-state index contributed by atoms with van der Waals surface area (Å²) in [5, 5.41) is 11.5. The molecule has 1 aliphatic rings. The normalized spacial score (nSPS) is 15.5. The van der Waals surface area contributed by atoms with E-state index in [0.717, 1.165) is 12.8 Å². The summed E-state index contributed by atoms with van der Waals surface area (Å²) in [6.07, 6.45) is 1.74. The van der Waals surface area contributed by atoms with Gasteiger partial charge < -0.3 is 15.4 Å². The molecule has 0 bridgehead atoms. The molecule has 0 aliphatic heterocycles. The molecule has 8 nitrogen and oxygen atoms in total. The molecule has 0 spiro atoms. The van der Waals surface area contributed by atoms with Gasteiger partial charge in [-0.2, -0.15) is 0 Å². The van der Waals surface area contributed by atoms with E-state index < -0.39 is 29.2 Å². The molecule has 0 saturated heterocycles. The molecule has 0 aromatic carbocycles. The second kappa shape index (κ2) is 5.94. The molecule has 1 amide bonds. The maximum atomic E-state index is 11.8. The molecule has 0 radical (unpaired) electrons. The number of aliphatic carboxylic acids is 1. The number of carbonyl (C=O) groups is 2. The molecular weight excluding hydrogens is 278 g/mol. The largest absolute Gasteiger partial charge is 0.480 e. The van der Waals surface area contributed by atoms with Crippen molar-refractivity contribution in [2.45, 2.75) is 38.6 Å². The van der Waals surface area contributed by atoms with Gasteiger partial charge in [-0.25, -0.2) is 9.59 Å². The topological polar surface area (TPSA) is 132 Å². The van der Waals surface area contributed by atoms with Crippen molar-refractivity contribution in [1.29, 1.82) is 0 Å². The van der Waals surface area contributed by atoms with E-state index >= 15 is 0 Å². The second-order valence-corrected chi connectivity index (χ2v) is 5.23. The zero-order valence-corrected chi connectivity index (χ0v) is 11.6. The van der Waals surface area contributed by atoms with Gasteiger partial charge in [-0.05, 0) is 32.1 Å². The average molecular weight is 295 g/mol. The molecular formula is C13H17N3O5.